The molecule has 2 N–H and O–H groups in total. The first-order valence-corrected chi connectivity index (χ1v) is 9.78. The SMILES string of the molecule is C=CCOC(=O)[C@@H](O[Si](C)(C)C(C)(C)C)[C@H](C)NC(=O)O. The van der Waals surface area contributed by atoms with E-state index in [0.717, 1.165) is 0 Å². The van der Waals surface area contributed by atoms with Crippen LogP contribution in [-0.4, -0.2) is 44.2 Å². The van der Waals surface area contributed by atoms with Crippen molar-refractivity contribution in [3.63, 3.8) is 0 Å². The number of rotatable bonds is 7. The minimum Gasteiger partial charge on any atom is -0.465 e. The predicted molar refractivity (Wildman–Crippen MR) is 83.8 cm³/mol. The monoisotopic (exact) mass is 317 g/mol. The molecule has 1 amide bonds. The lowest BCUT2D eigenvalue weighted by Crippen LogP contribution is -2.54. The number of amides is 1. The van der Waals surface area contributed by atoms with Crippen LogP contribution in [0.25, 0.3) is 0 Å². The van der Waals surface area contributed by atoms with Gasteiger partial charge in [0.25, 0.3) is 0 Å². The molecule has 0 bridgehead atoms. The van der Waals surface area contributed by atoms with E-state index in [0.29, 0.717) is 0 Å². The number of ether oxygens (including phenoxy) is 1. The van der Waals surface area contributed by atoms with Crippen LogP contribution in [0.4, 0.5) is 4.79 Å². The van der Waals surface area contributed by atoms with Crippen LogP contribution < -0.4 is 5.32 Å². The Hall–Kier alpha value is -1.34. The Morgan fingerprint density at radius 1 is 1.38 bits per heavy atom. The fourth-order valence-corrected chi connectivity index (χ4v) is 2.63. The molecule has 0 unspecified atom stereocenters. The second-order valence-corrected chi connectivity index (χ2v) is 11.2. The zero-order valence-electron chi connectivity index (χ0n) is 13.7. The van der Waals surface area contributed by atoms with Crippen LogP contribution in [0.1, 0.15) is 27.7 Å². The van der Waals surface area contributed by atoms with Crippen LogP contribution in [0.5, 0.6) is 0 Å². The van der Waals surface area contributed by atoms with Crippen LogP contribution in [0.15, 0.2) is 12.7 Å². The van der Waals surface area contributed by atoms with Gasteiger partial charge in [-0.2, -0.15) is 0 Å². The van der Waals surface area contributed by atoms with Crippen molar-refractivity contribution >= 4 is 20.4 Å². The maximum Gasteiger partial charge on any atom is 0.404 e. The largest absolute Gasteiger partial charge is 0.465 e. The second-order valence-electron chi connectivity index (χ2n) is 6.46. The summed E-state index contributed by atoms with van der Waals surface area (Å²) in [7, 11) is -2.24. The van der Waals surface area contributed by atoms with Crippen molar-refractivity contribution < 1.29 is 23.9 Å². The maximum atomic E-state index is 12.1. The van der Waals surface area contributed by atoms with Gasteiger partial charge in [0.2, 0.25) is 0 Å². The molecule has 0 aromatic heterocycles. The third kappa shape index (κ3) is 6.30. The number of carboxylic acid groups (broad SMARTS) is 1. The van der Waals surface area contributed by atoms with Gasteiger partial charge in [0.05, 0.1) is 6.04 Å². The van der Waals surface area contributed by atoms with Crippen molar-refractivity contribution in [2.45, 2.75) is 58.0 Å². The van der Waals surface area contributed by atoms with E-state index in [1.54, 1.807) is 6.92 Å². The Balaban J connectivity index is 5.17. The Labute approximate surface area is 127 Å². The quantitative estimate of drug-likeness (QED) is 0.428. The molecule has 0 aliphatic heterocycles. The van der Waals surface area contributed by atoms with Crippen molar-refractivity contribution in [2.75, 3.05) is 6.61 Å². The summed E-state index contributed by atoms with van der Waals surface area (Å²) in [6, 6.07) is -0.700. The lowest BCUT2D eigenvalue weighted by atomic mass is 10.2. The van der Waals surface area contributed by atoms with E-state index in [9.17, 15) is 9.59 Å². The molecule has 0 spiro atoms. The lowest BCUT2D eigenvalue weighted by Gasteiger charge is -2.39. The molecule has 0 rings (SSSR count). The highest BCUT2D eigenvalue weighted by Crippen LogP contribution is 2.37. The van der Waals surface area contributed by atoms with Crippen molar-refractivity contribution in [1.29, 1.82) is 0 Å². The molecule has 6 nitrogen and oxygen atoms in total. The smallest absolute Gasteiger partial charge is 0.404 e. The summed E-state index contributed by atoms with van der Waals surface area (Å²) in [4.78, 5) is 22.9. The van der Waals surface area contributed by atoms with E-state index in [2.05, 4.69) is 11.9 Å². The Morgan fingerprint density at radius 2 is 1.90 bits per heavy atom. The zero-order chi connectivity index (χ0) is 16.8. The Morgan fingerprint density at radius 3 is 2.29 bits per heavy atom. The fraction of sp³-hybridized carbons (Fsp3) is 0.714. The summed E-state index contributed by atoms with van der Waals surface area (Å²) < 4.78 is 11.1. The average molecular weight is 317 g/mol. The van der Waals surface area contributed by atoms with Gasteiger partial charge < -0.3 is 19.6 Å². The summed E-state index contributed by atoms with van der Waals surface area (Å²) in [6.07, 6.45) is -0.721. The topological polar surface area (TPSA) is 84.9 Å². The zero-order valence-corrected chi connectivity index (χ0v) is 14.7. The molecule has 0 heterocycles. The van der Waals surface area contributed by atoms with E-state index in [1.807, 2.05) is 33.9 Å². The van der Waals surface area contributed by atoms with Crippen LogP contribution in [0.2, 0.25) is 18.1 Å². The molecule has 7 heteroatoms. The van der Waals surface area contributed by atoms with E-state index in [1.165, 1.54) is 6.08 Å². The molecule has 2 atom stereocenters. The van der Waals surface area contributed by atoms with Crippen molar-refractivity contribution in [3.05, 3.63) is 12.7 Å². The van der Waals surface area contributed by atoms with Gasteiger partial charge in [-0.15, -0.1) is 0 Å². The highest BCUT2D eigenvalue weighted by molar-refractivity contribution is 6.74. The minimum atomic E-state index is -2.24. The predicted octanol–water partition coefficient (Wildman–Crippen LogP) is 2.76. The molecule has 122 valence electrons. The summed E-state index contributed by atoms with van der Waals surface area (Å²) in [5.74, 6) is -0.582. The Bertz CT molecular complexity index is 389. The van der Waals surface area contributed by atoms with Gasteiger partial charge in [0, 0.05) is 0 Å². The van der Waals surface area contributed by atoms with Crippen molar-refractivity contribution in [2.24, 2.45) is 0 Å². The number of hydrogen-bond donors (Lipinski definition) is 2. The van der Waals surface area contributed by atoms with E-state index in [-0.39, 0.29) is 11.6 Å². The second kappa shape index (κ2) is 7.60. The van der Waals surface area contributed by atoms with E-state index >= 15 is 0 Å². The average Bonchev–Trinajstić information content (AvgIpc) is 2.30. The molecule has 0 radical (unpaired) electrons. The molecular formula is C14H27NO5Si. The molecular weight excluding hydrogens is 290 g/mol. The summed E-state index contributed by atoms with van der Waals surface area (Å²) in [6.45, 7) is 15.2. The van der Waals surface area contributed by atoms with Gasteiger partial charge in [-0.05, 0) is 25.1 Å². The highest BCUT2D eigenvalue weighted by atomic mass is 28.4. The first-order valence-electron chi connectivity index (χ1n) is 6.87. The minimum absolute atomic E-state index is 0.0655. The molecule has 0 aromatic rings. The van der Waals surface area contributed by atoms with Crippen molar-refractivity contribution in [1.82, 2.24) is 5.32 Å². The molecule has 0 saturated carbocycles. The fourth-order valence-electron chi connectivity index (χ4n) is 1.34. The van der Waals surface area contributed by atoms with Gasteiger partial charge in [-0.25, -0.2) is 9.59 Å². The van der Waals surface area contributed by atoms with Crippen LogP contribution >= 0.6 is 0 Å². The van der Waals surface area contributed by atoms with Gasteiger partial charge >= 0.3 is 12.1 Å². The van der Waals surface area contributed by atoms with Crippen LogP contribution in [0.3, 0.4) is 0 Å². The summed E-state index contributed by atoms with van der Waals surface area (Å²) in [5, 5.41) is 11.0. The third-order valence-electron chi connectivity index (χ3n) is 3.61. The number of nitrogens with one attached hydrogen (secondary N) is 1. The molecule has 0 saturated heterocycles. The summed E-state index contributed by atoms with van der Waals surface area (Å²) in [5.41, 5.74) is 0. The highest BCUT2D eigenvalue weighted by Gasteiger charge is 2.43. The van der Waals surface area contributed by atoms with Crippen molar-refractivity contribution in [3.8, 4) is 0 Å². The Kier molecular flexibility index (Phi) is 7.12. The van der Waals surface area contributed by atoms with E-state index in [4.69, 9.17) is 14.3 Å². The van der Waals surface area contributed by atoms with Gasteiger partial charge in [0.15, 0.2) is 14.4 Å². The first kappa shape index (κ1) is 19.7. The van der Waals surface area contributed by atoms with Crippen LogP contribution in [-0.2, 0) is 14.0 Å². The molecule has 0 aliphatic rings. The third-order valence-corrected chi connectivity index (χ3v) is 8.06. The molecule has 0 aliphatic carbocycles. The van der Waals surface area contributed by atoms with Gasteiger partial charge in [-0.3, -0.25) is 0 Å². The van der Waals surface area contributed by atoms with Gasteiger partial charge in [0.1, 0.15) is 6.61 Å². The summed E-state index contributed by atoms with van der Waals surface area (Å²) >= 11 is 0. The van der Waals surface area contributed by atoms with E-state index < -0.39 is 32.5 Å². The lowest BCUT2D eigenvalue weighted by molar-refractivity contribution is -0.152. The first-order chi connectivity index (χ1) is 9.42. The number of hydrogen-bond acceptors (Lipinski definition) is 4. The normalized spacial score (nSPS) is 15.0. The molecule has 0 fully saturated rings. The molecule has 0 aromatic carbocycles. The number of carbonyl (C=O) groups excluding carboxylic acids is 1. The van der Waals surface area contributed by atoms with Crippen LogP contribution in [0, 0.1) is 0 Å². The van der Waals surface area contributed by atoms with Gasteiger partial charge in [-0.1, -0.05) is 33.4 Å². The number of carbonyl (C=O) groups is 2. The number of esters is 1. The molecule has 21 heavy (non-hydrogen) atoms. The standard InChI is InChI=1S/C14H27NO5Si/c1-8-9-19-12(16)11(10(2)15-13(17)18)20-21(6,7)14(3,4)5/h8,10-11,15H,1,9H2,2-7H3,(H,17,18)/t10-,11-/m0/s1. The maximum absolute atomic E-state index is 12.1.